The predicted octanol–water partition coefficient (Wildman–Crippen LogP) is 3.13. The van der Waals surface area contributed by atoms with Crippen LogP contribution in [0.5, 0.6) is 0 Å². The summed E-state index contributed by atoms with van der Waals surface area (Å²) in [5.41, 5.74) is -0.633. The summed E-state index contributed by atoms with van der Waals surface area (Å²) in [5.74, 6) is -4.41. The highest BCUT2D eigenvalue weighted by Gasteiger charge is 2.42. The zero-order valence-electron chi connectivity index (χ0n) is 13.1. The quantitative estimate of drug-likeness (QED) is 0.831. The molecule has 3 rings (SSSR count). The molecule has 0 spiro atoms. The summed E-state index contributed by atoms with van der Waals surface area (Å²) in [7, 11) is 0. The van der Waals surface area contributed by atoms with Crippen LogP contribution < -0.4 is 5.32 Å². The van der Waals surface area contributed by atoms with Crippen LogP contribution in [0.4, 0.5) is 8.78 Å². The molecule has 0 saturated heterocycles. The van der Waals surface area contributed by atoms with E-state index in [2.05, 4.69) is 5.32 Å². The maximum absolute atomic E-state index is 14.3. The molecule has 0 aliphatic heterocycles. The second-order valence-electron chi connectivity index (χ2n) is 6.53. The lowest BCUT2D eigenvalue weighted by Gasteiger charge is -2.40. The standard InChI is InChI=1S/C18H19F2NO3/c19-11-4-7-14(15(20)10-11)18(8-2-1-3-9-18)21-16(22)12-5-6-13(12)17(23)24/h4-7,10,12-13H,1-3,8-9H2,(H,21,22)(H,23,24)/t12-,13+/m0/s1. The van der Waals surface area contributed by atoms with Crippen LogP contribution >= 0.6 is 0 Å². The van der Waals surface area contributed by atoms with Crippen molar-refractivity contribution in [1.29, 1.82) is 0 Å². The molecule has 128 valence electrons. The van der Waals surface area contributed by atoms with Gasteiger partial charge in [0.15, 0.2) is 0 Å². The molecule has 1 aromatic rings. The van der Waals surface area contributed by atoms with Crippen LogP contribution in [-0.4, -0.2) is 17.0 Å². The van der Waals surface area contributed by atoms with E-state index in [0.29, 0.717) is 12.8 Å². The van der Waals surface area contributed by atoms with Crippen molar-refractivity contribution < 1.29 is 23.5 Å². The number of rotatable bonds is 4. The maximum atomic E-state index is 14.3. The molecule has 0 unspecified atom stereocenters. The first-order valence-electron chi connectivity index (χ1n) is 8.12. The van der Waals surface area contributed by atoms with E-state index < -0.39 is 40.9 Å². The monoisotopic (exact) mass is 335 g/mol. The number of hydrogen-bond acceptors (Lipinski definition) is 2. The molecule has 0 heterocycles. The van der Waals surface area contributed by atoms with E-state index in [-0.39, 0.29) is 5.56 Å². The number of carboxylic acid groups (broad SMARTS) is 1. The first kappa shape index (κ1) is 16.6. The van der Waals surface area contributed by atoms with Crippen LogP contribution in [0, 0.1) is 23.5 Å². The van der Waals surface area contributed by atoms with Crippen LogP contribution in [0.1, 0.15) is 37.7 Å². The Morgan fingerprint density at radius 2 is 1.75 bits per heavy atom. The molecule has 1 fully saturated rings. The Balaban J connectivity index is 1.88. The Morgan fingerprint density at radius 1 is 1.08 bits per heavy atom. The molecule has 2 aliphatic rings. The molecule has 1 saturated carbocycles. The van der Waals surface area contributed by atoms with Gasteiger partial charge in [0.2, 0.25) is 5.91 Å². The average molecular weight is 335 g/mol. The molecule has 6 heteroatoms. The van der Waals surface area contributed by atoms with Crippen molar-refractivity contribution >= 4 is 11.9 Å². The van der Waals surface area contributed by atoms with E-state index in [1.807, 2.05) is 0 Å². The highest BCUT2D eigenvalue weighted by molar-refractivity contribution is 5.90. The van der Waals surface area contributed by atoms with Crippen molar-refractivity contribution in [2.75, 3.05) is 0 Å². The van der Waals surface area contributed by atoms with Crippen molar-refractivity contribution in [3.05, 3.63) is 47.5 Å². The molecule has 4 nitrogen and oxygen atoms in total. The summed E-state index contributed by atoms with van der Waals surface area (Å²) in [6.45, 7) is 0. The van der Waals surface area contributed by atoms with Crippen LogP contribution in [0.3, 0.4) is 0 Å². The summed E-state index contributed by atoms with van der Waals surface area (Å²) in [6.07, 6.45) is 6.75. The van der Waals surface area contributed by atoms with E-state index in [4.69, 9.17) is 5.11 Å². The van der Waals surface area contributed by atoms with Crippen molar-refractivity contribution in [3.63, 3.8) is 0 Å². The van der Waals surface area contributed by atoms with E-state index in [1.165, 1.54) is 18.2 Å². The molecule has 0 bridgehead atoms. The van der Waals surface area contributed by atoms with Crippen LogP contribution in [-0.2, 0) is 15.1 Å². The minimum absolute atomic E-state index is 0.270. The molecule has 1 amide bonds. The molecule has 2 N–H and O–H groups in total. The summed E-state index contributed by atoms with van der Waals surface area (Å²) < 4.78 is 27.6. The molecular formula is C18H19F2NO3. The van der Waals surface area contributed by atoms with Gasteiger partial charge >= 0.3 is 5.97 Å². The van der Waals surface area contributed by atoms with Gasteiger partial charge in [0.25, 0.3) is 0 Å². The van der Waals surface area contributed by atoms with Gasteiger partial charge in [-0.05, 0) is 18.9 Å². The Labute approximate surface area is 138 Å². The predicted molar refractivity (Wildman–Crippen MR) is 83.0 cm³/mol. The van der Waals surface area contributed by atoms with Gasteiger partial charge in [-0.3, -0.25) is 9.59 Å². The minimum atomic E-state index is -1.05. The summed E-state index contributed by atoms with van der Waals surface area (Å²) in [6, 6.07) is 3.38. The average Bonchev–Trinajstić information content (AvgIpc) is 2.45. The lowest BCUT2D eigenvalue weighted by Crippen LogP contribution is -2.52. The highest BCUT2D eigenvalue weighted by atomic mass is 19.1. The fourth-order valence-electron chi connectivity index (χ4n) is 3.63. The number of halogens is 2. The largest absolute Gasteiger partial charge is 0.481 e. The highest BCUT2D eigenvalue weighted by Crippen LogP contribution is 2.39. The fourth-order valence-corrected chi connectivity index (χ4v) is 3.63. The second kappa shape index (κ2) is 6.34. The molecule has 2 aliphatic carbocycles. The minimum Gasteiger partial charge on any atom is -0.481 e. The van der Waals surface area contributed by atoms with E-state index in [9.17, 15) is 18.4 Å². The molecule has 24 heavy (non-hydrogen) atoms. The first-order chi connectivity index (χ1) is 11.4. The Morgan fingerprint density at radius 3 is 2.29 bits per heavy atom. The Bertz CT molecular complexity index is 696. The Kier molecular flexibility index (Phi) is 4.39. The molecule has 0 aromatic heterocycles. The van der Waals surface area contributed by atoms with Crippen molar-refractivity contribution in [2.45, 2.75) is 37.6 Å². The fraction of sp³-hybridized carbons (Fsp3) is 0.444. The summed E-state index contributed by atoms with van der Waals surface area (Å²) in [4.78, 5) is 23.6. The van der Waals surface area contributed by atoms with Gasteiger partial charge < -0.3 is 10.4 Å². The van der Waals surface area contributed by atoms with E-state index in [1.54, 1.807) is 6.08 Å². The number of carbonyl (C=O) groups excluding carboxylic acids is 1. The van der Waals surface area contributed by atoms with Gasteiger partial charge in [-0.25, -0.2) is 8.78 Å². The molecule has 0 radical (unpaired) electrons. The topological polar surface area (TPSA) is 66.4 Å². The molecule has 1 aromatic carbocycles. The van der Waals surface area contributed by atoms with E-state index >= 15 is 0 Å². The van der Waals surface area contributed by atoms with Gasteiger partial charge in [0.1, 0.15) is 11.6 Å². The normalized spacial score (nSPS) is 24.9. The number of carboxylic acids is 1. The van der Waals surface area contributed by atoms with Gasteiger partial charge in [-0.15, -0.1) is 0 Å². The SMILES string of the molecule is O=C(NC1(c2ccc(F)cc2F)CCCCC1)[C@H]1C=C[C@H]1C(=O)O. The zero-order chi connectivity index (χ0) is 17.3. The number of aliphatic carboxylic acids is 1. The summed E-state index contributed by atoms with van der Waals surface area (Å²) in [5, 5.41) is 12.0. The number of amides is 1. The van der Waals surface area contributed by atoms with Gasteiger partial charge in [0.05, 0.1) is 17.4 Å². The van der Waals surface area contributed by atoms with Crippen LogP contribution in [0.15, 0.2) is 30.4 Å². The Hall–Kier alpha value is -2.24. The number of nitrogens with one attached hydrogen (secondary N) is 1. The van der Waals surface area contributed by atoms with Gasteiger partial charge in [0, 0.05) is 11.6 Å². The summed E-state index contributed by atoms with van der Waals surface area (Å²) >= 11 is 0. The number of benzene rings is 1. The van der Waals surface area contributed by atoms with Gasteiger partial charge in [-0.2, -0.15) is 0 Å². The third-order valence-electron chi connectivity index (χ3n) is 5.02. The molecular weight excluding hydrogens is 316 g/mol. The third kappa shape index (κ3) is 2.92. The van der Waals surface area contributed by atoms with Crippen molar-refractivity contribution in [1.82, 2.24) is 5.32 Å². The lowest BCUT2D eigenvalue weighted by molar-refractivity contribution is -0.145. The lowest BCUT2D eigenvalue weighted by atomic mass is 9.74. The van der Waals surface area contributed by atoms with E-state index in [0.717, 1.165) is 25.3 Å². The smallest absolute Gasteiger partial charge is 0.311 e. The van der Waals surface area contributed by atoms with Crippen molar-refractivity contribution in [3.8, 4) is 0 Å². The molecule has 2 atom stereocenters. The number of hydrogen-bond donors (Lipinski definition) is 2. The first-order valence-corrected chi connectivity index (χ1v) is 8.12. The zero-order valence-corrected chi connectivity index (χ0v) is 13.1. The maximum Gasteiger partial charge on any atom is 0.311 e. The van der Waals surface area contributed by atoms with Crippen LogP contribution in [0.2, 0.25) is 0 Å². The van der Waals surface area contributed by atoms with Gasteiger partial charge in [-0.1, -0.05) is 37.5 Å². The third-order valence-corrected chi connectivity index (χ3v) is 5.02. The number of carbonyl (C=O) groups is 2. The van der Waals surface area contributed by atoms with Crippen molar-refractivity contribution in [2.24, 2.45) is 11.8 Å². The second-order valence-corrected chi connectivity index (χ2v) is 6.53. The van der Waals surface area contributed by atoms with Crippen LogP contribution in [0.25, 0.3) is 0 Å².